The van der Waals surface area contributed by atoms with E-state index >= 15 is 0 Å². The molecule has 1 amide bonds. The summed E-state index contributed by atoms with van der Waals surface area (Å²) < 4.78 is 5.42. The number of nitrogens with one attached hydrogen (secondary N) is 1. The van der Waals surface area contributed by atoms with Crippen LogP contribution in [0, 0.1) is 11.8 Å². The average Bonchev–Trinajstić information content (AvgIpc) is 3.25. The first-order valence-corrected chi connectivity index (χ1v) is 8.90. The standard InChI is InChI=1S/C17H28N4O2/c1-11(2)15-19-17(23-20-15)12(3)21-8-4-5-14(10-21)16(22)18-9-13-6-7-13/h11-14H,4-10H2,1-3H3,(H,18,22)/t12-,14-/m0/s1. The predicted molar refractivity (Wildman–Crippen MR) is 86.8 cm³/mol. The molecule has 0 unspecified atom stereocenters. The molecule has 6 nitrogen and oxygen atoms in total. The summed E-state index contributed by atoms with van der Waals surface area (Å²) in [4.78, 5) is 19.1. The smallest absolute Gasteiger partial charge is 0.243 e. The second-order valence-corrected chi connectivity index (χ2v) is 7.34. The molecule has 2 atom stereocenters. The van der Waals surface area contributed by atoms with Gasteiger partial charge in [-0.2, -0.15) is 4.98 Å². The summed E-state index contributed by atoms with van der Waals surface area (Å²) >= 11 is 0. The number of aromatic nitrogens is 2. The monoisotopic (exact) mass is 320 g/mol. The summed E-state index contributed by atoms with van der Waals surface area (Å²) in [5, 5.41) is 7.17. The van der Waals surface area contributed by atoms with Crippen LogP contribution in [0.2, 0.25) is 0 Å². The molecule has 0 aromatic carbocycles. The van der Waals surface area contributed by atoms with Crippen molar-refractivity contribution in [3.8, 4) is 0 Å². The molecule has 128 valence electrons. The van der Waals surface area contributed by atoms with Gasteiger partial charge in [0, 0.05) is 19.0 Å². The van der Waals surface area contributed by atoms with E-state index in [-0.39, 0.29) is 23.8 Å². The van der Waals surface area contributed by atoms with Crippen molar-refractivity contribution in [3.63, 3.8) is 0 Å². The maximum absolute atomic E-state index is 12.3. The van der Waals surface area contributed by atoms with Crippen molar-refractivity contribution in [2.24, 2.45) is 11.8 Å². The van der Waals surface area contributed by atoms with Crippen molar-refractivity contribution in [2.45, 2.75) is 58.4 Å². The van der Waals surface area contributed by atoms with Gasteiger partial charge in [0.15, 0.2) is 5.82 Å². The number of rotatable bonds is 6. The number of nitrogens with zero attached hydrogens (tertiary/aromatic N) is 3. The van der Waals surface area contributed by atoms with Gasteiger partial charge in [-0.05, 0) is 45.1 Å². The third-order valence-electron chi connectivity index (χ3n) is 4.96. The van der Waals surface area contributed by atoms with E-state index in [1.807, 2.05) is 0 Å². The summed E-state index contributed by atoms with van der Waals surface area (Å²) in [6, 6.07) is 0.0639. The predicted octanol–water partition coefficient (Wildman–Crippen LogP) is 2.49. The van der Waals surface area contributed by atoms with E-state index in [9.17, 15) is 4.79 Å². The lowest BCUT2D eigenvalue weighted by atomic mass is 9.96. The molecule has 1 N–H and O–H groups in total. The third-order valence-corrected chi connectivity index (χ3v) is 4.96. The van der Waals surface area contributed by atoms with Gasteiger partial charge in [-0.3, -0.25) is 9.69 Å². The van der Waals surface area contributed by atoms with E-state index in [1.165, 1.54) is 12.8 Å². The molecule has 0 bridgehead atoms. The first-order chi connectivity index (χ1) is 11.0. The Morgan fingerprint density at radius 1 is 1.35 bits per heavy atom. The summed E-state index contributed by atoms with van der Waals surface area (Å²) in [5.41, 5.74) is 0. The van der Waals surface area contributed by atoms with Crippen LogP contribution >= 0.6 is 0 Å². The van der Waals surface area contributed by atoms with Crippen LogP contribution in [0.15, 0.2) is 4.52 Å². The molecule has 1 saturated heterocycles. The maximum atomic E-state index is 12.3. The molecule has 0 spiro atoms. The molecular weight excluding hydrogens is 292 g/mol. The second kappa shape index (κ2) is 6.99. The van der Waals surface area contributed by atoms with Gasteiger partial charge in [0.2, 0.25) is 11.8 Å². The number of hydrogen-bond acceptors (Lipinski definition) is 5. The van der Waals surface area contributed by atoms with Crippen LogP contribution < -0.4 is 5.32 Å². The Morgan fingerprint density at radius 2 is 2.13 bits per heavy atom. The topological polar surface area (TPSA) is 71.3 Å². The van der Waals surface area contributed by atoms with Crippen LogP contribution in [0.1, 0.15) is 70.1 Å². The van der Waals surface area contributed by atoms with Crippen molar-refractivity contribution in [2.75, 3.05) is 19.6 Å². The molecule has 1 aliphatic heterocycles. The molecule has 0 radical (unpaired) electrons. The fraction of sp³-hybridized carbons (Fsp3) is 0.824. The number of hydrogen-bond donors (Lipinski definition) is 1. The molecule has 23 heavy (non-hydrogen) atoms. The highest BCUT2D eigenvalue weighted by Gasteiger charge is 2.31. The van der Waals surface area contributed by atoms with Crippen LogP contribution in [0.5, 0.6) is 0 Å². The lowest BCUT2D eigenvalue weighted by Crippen LogP contribution is -2.44. The van der Waals surface area contributed by atoms with Gasteiger partial charge in [-0.15, -0.1) is 0 Å². The zero-order valence-electron chi connectivity index (χ0n) is 14.4. The van der Waals surface area contributed by atoms with Gasteiger partial charge < -0.3 is 9.84 Å². The Balaban J connectivity index is 1.56. The van der Waals surface area contributed by atoms with Gasteiger partial charge in [0.1, 0.15) is 0 Å². The summed E-state index contributed by atoms with van der Waals surface area (Å²) in [6.07, 6.45) is 4.55. The summed E-state index contributed by atoms with van der Waals surface area (Å²) in [7, 11) is 0. The lowest BCUT2D eigenvalue weighted by molar-refractivity contribution is -0.127. The molecular formula is C17H28N4O2. The third kappa shape index (κ3) is 4.10. The number of carbonyl (C=O) groups excluding carboxylic acids is 1. The molecule has 1 saturated carbocycles. The van der Waals surface area contributed by atoms with E-state index in [1.54, 1.807) is 0 Å². The first-order valence-electron chi connectivity index (χ1n) is 8.90. The van der Waals surface area contributed by atoms with Crippen molar-refractivity contribution in [3.05, 3.63) is 11.7 Å². The quantitative estimate of drug-likeness (QED) is 0.872. The molecule has 1 aromatic heterocycles. The molecule has 2 heterocycles. The zero-order valence-corrected chi connectivity index (χ0v) is 14.4. The Hall–Kier alpha value is -1.43. The number of amides is 1. The van der Waals surface area contributed by atoms with Crippen LogP contribution in [0.4, 0.5) is 0 Å². The minimum atomic E-state index is 0.0639. The molecule has 1 aromatic rings. The van der Waals surface area contributed by atoms with E-state index in [0.717, 1.165) is 44.2 Å². The second-order valence-electron chi connectivity index (χ2n) is 7.34. The maximum Gasteiger partial charge on any atom is 0.243 e. The van der Waals surface area contributed by atoms with Gasteiger partial charge >= 0.3 is 0 Å². The SMILES string of the molecule is CC(C)c1noc([C@H](C)N2CCC[C@H](C(=O)NCC3CC3)C2)n1. The van der Waals surface area contributed by atoms with Gasteiger partial charge in [0.25, 0.3) is 0 Å². The van der Waals surface area contributed by atoms with Crippen LogP contribution in [-0.4, -0.2) is 40.6 Å². The van der Waals surface area contributed by atoms with Gasteiger partial charge in [0.05, 0.1) is 12.0 Å². The highest BCUT2D eigenvalue weighted by atomic mass is 16.5. The Bertz CT molecular complexity index is 538. The minimum absolute atomic E-state index is 0.0639. The van der Waals surface area contributed by atoms with E-state index in [2.05, 4.69) is 41.1 Å². The molecule has 1 aliphatic carbocycles. The number of likely N-dealkylation sites (tertiary alicyclic amines) is 1. The number of carbonyl (C=O) groups is 1. The summed E-state index contributed by atoms with van der Waals surface area (Å²) in [5.74, 6) is 2.70. The molecule has 2 fully saturated rings. The fourth-order valence-corrected chi connectivity index (χ4v) is 3.09. The fourth-order valence-electron chi connectivity index (χ4n) is 3.09. The Kier molecular flexibility index (Phi) is 4.99. The molecule has 3 rings (SSSR count). The average molecular weight is 320 g/mol. The van der Waals surface area contributed by atoms with E-state index in [4.69, 9.17) is 4.52 Å². The van der Waals surface area contributed by atoms with Gasteiger partial charge in [-0.25, -0.2) is 0 Å². The highest BCUT2D eigenvalue weighted by Crippen LogP contribution is 2.29. The van der Waals surface area contributed by atoms with Crippen molar-refractivity contribution in [1.82, 2.24) is 20.4 Å². The summed E-state index contributed by atoms with van der Waals surface area (Å²) in [6.45, 7) is 8.80. The van der Waals surface area contributed by atoms with Crippen LogP contribution in [0.25, 0.3) is 0 Å². The largest absolute Gasteiger partial charge is 0.356 e. The van der Waals surface area contributed by atoms with Crippen molar-refractivity contribution in [1.29, 1.82) is 0 Å². The minimum Gasteiger partial charge on any atom is -0.356 e. The Labute approximate surface area is 138 Å². The molecule has 6 heteroatoms. The van der Waals surface area contributed by atoms with Gasteiger partial charge in [-0.1, -0.05) is 19.0 Å². The highest BCUT2D eigenvalue weighted by molar-refractivity contribution is 5.79. The van der Waals surface area contributed by atoms with Crippen molar-refractivity contribution < 1.29 is 9.32 Å². The zero-order chi connectivity index (χ0) is 16.4. The Morgan fingerprint density at radius 3 is 2.78 bits per heavy atom. The van der Waals surface area contributed by atoms with E-state index < -0.39 is 0 Å². The lowest BCUT2D eigenvalue weighted by Gasteiger charge is -2.34. The first kappa shape index (κ1) is 16.4. The normalized spacial score (nSPS) is 23.9. The molecule has 2 aliphatic rings. The van der Waals surface area contributed by atoms with Crippen LogP contribution in [-0.2, 0) is 4.79 Å². The number of piperidine rings is 1. The van der Waals surface area contributed by atoms with Crippen molar-refractivity contribution >= 4 is 5.91 Å². The van der Waals surface area contributed by atoms with E-state index in [0.29, 0.717) is 5.89 Å². The van der Waals surface area contributed by atoms with Crippen LogP contribution in [0.3, 0.4) is 0 Å².